The van der Waals surface area contributed by atoms with Gasteiger partial charge < -0.3 is 9.94 Å². The van der Waals surface area contributed by atoms with Crippen LogP contribution in [0.2, 0.25) is 0 Å². The molecule has 2 aromatic heterocycles. The highest BCUT2D eigenvalue weighted by Gasteiger charge is 2.15. The van der Waals surface area contributed by atoms with Crippen LogP contribution in [0.25, 0.3) is 5.69 Å². The fraction of sp³-hybridized carbons (Fsp3) is 0.286. The number of benzene rings is 1. The molecule has 9 heteroatoms. The summed E-state index contributed by atoms with van der Waals surface area (Å²) in [6.07, 6.45) is 2.14. The zero-order valence-electron chi connectivity index (χ0n) is 12.7. The standard InChI is InChI=1S/C14H16N6O3/c1-3-10-5-4-6-12(20-14(21)18(2)16-17-20)11(10)9-23-13-7-8-19(22)15-13/h4-8,22H,3,9H2,1-2H3. The minimum Gasteiger partial charge on any atom is -0.472 e. The Morgan fingerprint density at radius 2 is 2.09 bits per heavy atom. The summed E-state index contributed by atoms with van der Waals surface area (Å²) in [5.41, 5.74) is 2.14. The minimum absolute atomic E-state index is 0.194. The molecule has 2 heterocycles. The zero-order chi connectivity index (χ0) is 16.4. The molecule has 0 saturated heterocycles. The topological polar surface area (TPSA) is 100.0 Å². The predicted octanol–water partition coefficient (Wildman–Crippen LogP) is 0.541. The van der Waals surface area contributed by atoms with Gasteiger partial charge in [0.2, 0.25) is 5.88 Å². The summed E-state index contributed by atoms with van der Waals surface area (Å²) in [4.78, 5) is 12.8. The highest BCUT2D eigenvalue weighted by molar-refractivity contribution is 5.45. The minimum atomic E-state index is -0.334. The van der Waals surface area contributed by atoms with Crippen molar-refractivity contribution in [3.8, 4) is 11.6 Å². The van der Waals surface area contributed by atoms with Gasteiger partial charge in [0.15, 0.2) is 0 Å². The summed E-state index contributed by atoms with van der Waals surface area (Å²) in [7, 11) is 1.54. The summed E-state index contributed by atoms with van der Waals surface area (Å²) < 4.78 is 8.00. The van der Waals surface area contributed by atoms with Crippen molar-refractivity contribution in [2.24, 2.45) is 7.05 Å². The number of aromatic nitrogens is 6. The fourth-order valence-electron chi connectivity index (χ4n) is 2.30. The monoisotopic (exact) mass is 316 g/mol. The smallest absolute Gasteiger partial charge is 0.368 e. The van der Waals surface area contributed by atoms with Gasteiger partial charge in [-0.25, -0.2) is 4.79 Å². The Labute approximate surface area is 131 Å². The number of hydrogen-bond donors (Lipinski definition) is 1. The lowest BCUT2D eigenvalue weighted by molar-refractivity contribution is 0.141. The molecule has 120 valence electrons. The molecule has 0 fully saturated rings. The lowest BCUT2D eigenvalue weighted by atomic mass is 10.0. The summed E-state index contributed by atoms with van der Waals surface area (Å²) in [6, 6.07) is 7.16. The van der Waals surface area contributed by atoms with Crippen molar-refractivity contribution < 1.29 is 9.94 Å². The normalized spacial score (nSPS) is 10.9. The Morgan fingerprint density at radius 3 is 2.70 bits per heavy atom. The third kappa shape index (κ3) is 2.80. The van der Waals surface area contributed by atoms with E-state index in [0.29, 0.717) is 10.5 Å². The van der Waals surface area contributed by atoms with E-state index in [9.17, 15) is 10.0 Å². The van der Waals surface area contributed by atoms with Crippen molar-refractivity contribution in [1.82, 2.24) is 29.7 Å². The lowest BCUT2D eigenvalue weighted by Gasteiger charge is -2.13. The average molecular weight is 316 g/mol. The second-order valence-corrected chi connectivity index (χ2v) is 4.93. The third-order valence-corrected chi connectivity index (χ3v) is 3.49. The van der Waals surface area contributed by atoms with Crippen molar-refractivity contribution in [3.05, 3.63) is 52.1 Å². The van der Waals surface area contributed by atoms with Crippen molar-refractivity contribution in [1.29, 1.82) is 0 Å². The van der Waals surface area contributed by atoms with Gasteiger partial charge in [-0.1, -0.05) is 24.2 Å². The molecule has 0 radical (unpaired) electrons. The van der Waals surface area contributed by atoms with Crippen molar-refractivity contribution in [2.45, 2.75) is 20.0 Å². The van der Waals surface area contributed by atoms with Crippen LogP contribution in [0.4, 0.5) is 0 Å². The molecule has 0 spiro atoms. The SMILES string of the molecule is CCc1cccc(-n2nnn(C)c2=O)c1COc1ccn(O)n1. The van der Waals surface area contributed by atoms with E-state index in [1.807, 2.05) is 19.1 Å². The summed E-state index contributed by atoms with van der Waals surface area (Å²) >= 11 is 0. The maximum absolute atomic E-state index is 12.1. The average Bonchev–Trinajstić information content (AvgIpc) is 3.11. The summed E-state index contributed by atoms with van der Waals surface area (Å²) in [6.45, 7) is 2.21. The third-order valence-electron chi connectivity index (χ3n) is 3.49. The van der Waals surface area contributed by atoms with Crippen molar-refractivity contribution >= 4 is 0 Å². The molecular weight excluding hydrogens is 300 g/mol. The number of aryl methyl sites for hydroxylation is 2. The maximum atomic E-state index is 12.1. The van der Waals surface area contributed by atoms with E-state index in [-0.39, 0.29) is 18.2 Å². The van der Waals surface area contributed by atoms with Gasteiger partial charge in [0.05, 0.1) is 11.9 Å². The molecule has 1 N–H and O–H groups in total. The molecule has 3 aromatic rings. The van der Waals surface area contributed by atoms with Gasteiger partial charge in [0.1, 0.15) is 6.61 Å². The molecule has 0 atom stereocenters. The van der Waals surface area contributed by atoms with Crippen LogP contribution in [0.5, 0.6) is 5.88 Å². The number of nitrogens with zero attached hydrogens (tertiary/aromatic N) is 6. The number of rotatable bonds is 5. The van der Waals surface area contributed by atoms with Gasteiger partial charge in [-0.3, -0.25) is 0 Å². The Morgan fingerprint density at radius 1 is 1.26 bits per heavy atom. The maximum Gasteiger partial charge on any atom is 0.368 e. The molecule has 0 saturated carbocycles. The van der Waals surface area contributed by atoms with Gasteiger partial charge in [-0.2, -0.15) is 9.36 Å². The largest absolute Gasteiger partial charge is 0.472 e. The molecular formula is C14H16N6O3. The number of hydrogen-bond acceptors (Lipinski definition) is 6. The van der Waals surface area contributed by atoms with Crippen LogP contribution in [-0.4, -0.2) is 34.9 Å². The molecule has 0 aliphatic rings. The first kappa shape index (κ1) is 14.8. The van der Waals surface area contributed by atoms with E-state index in [4.69, 9.17) is 4.74 Å². The Kier molecular flexibility index (Phi) is 3.83. The van der Waals surface area contributed by atoms with Crippen LogP contribution in [0, 0.1) is 0 Å². The molecule has 0 amide bonds. The van der Waals surface area contributed by atoms with E-state index in [0.717, 1.165) is 22.2 Å². The van der Waals surface area contributed by atoms with Gasteiger partial charge in [-0.15, -0.1) is 4.85 Å². The number of ether oxygens (including phenoxy) is 1. The van der Waals surface area contributed by atoms with E-state index < -0.39 is 0 Å². The van der Waals surface area contributed by atoms with Crippen LogP contribution in [0.3, 0.4) is 0 Å². The van der Waals surface area contributed by atoms with Gasteiger partial charge in [0, 0.05) is 18.7 Å². The van der Waals surface area contributed by atoms with Crippen LogP contribution in [0.15, 0.2) is 35.3 Å². The summed E-state index contributed by atoms with van der Waals surface area (Å²) in [5, 5.41) is 20.6. The van der Waals surface area contributed by atoms with Crippen molar-refractivity contribution in [2.75, 3.05) is 0 Å². The van der Waals surface area contributed by atoms with Gasteiger partial charge >= 0.3 is 5.69 Å². The predicted molar refractivity (Wildman–Crippen MR) is 79.7 cm³/mol. The molecule has 0 unspecified atom stereocenters. The van der Waals surface area contributed by atoms with E-state index in [1.165, 1.54) is 10.9 Å². The molecule has 0 aliphatic heterocycles. The highest BCUT2D eigenvalue weighted by Crippen LogP contribution is 2.20. The Hall–Kier alpha value is -3.10. The fourth-order valence-corrected chi connectivity index (χ4v) is 2.30. The molecule has 0 aliphatic carbocycles. The quantitative estimate of drug-likeness (QED) is 0.690. The molecule has 0 bridgehead atoms. The van der Waals surface area contributed by atoms with Gasteiger partial charge in [-0.05, 0) is 28.5 Å². The molecule has 23 heavy (non-hydrogen) atoms. The van der Waals surface area contributed by atoms with Crippen LogP contribution >= 0.6 is 0 Å². The molecule has 3 rings (SSSR count). The second-order valence-electron chi connectivity index (χ2n) is 4.93. The van der Waals surface area contributed by atoms with Crippen LogP contribution in [-0.2, 0) is 20.1 Å². The second kappa shape index (κ2) is 5.95. The van der Waals surface area contributed by atoms with Crippen LogP contribution in [0.1, 0.15) is 18.1 Å². The first-order chi connectivity index (χ1) is 11.1. The van der Waals surface area contributed by atoms with Gasteiger partial charge in [0.25, 0.3) is 0 Å². The summed E-state index contributed by atoms with van der Waals surface area (Å²) in [5.74, 6) is 0.288. The van der Waals surface area contributed by atoms with E-state index in [2.05, 4.69) is 15.5 Å². The lowest BCUT2D eigenvalue weighted by Crippen LogP contribution is -2.23. The van der Waals surface area contributed by atoms with Crippen LogP contribution < -0.4 is 10.4 Å². The zero-order valence-corrected chi connectivity index (χ0v) is 12.7. The molecule has 9 nitrogen and oxygen atoms in total. The van der Waals surface area contributed by atoms with E-state index in [1.54, 1.807) is 19.2 Å². The highest BCUT2D eigenvalue weighted by atomic mass is 16.5. The van der Waals surface area contributed by atoms with Crippen molar-refractivity contribution in [3.63, 3.8) is 0 Å². The Bertz CT molecular complexity index is 879. The first-order valence-electron chi connectivity index (χ1n) is 7.08. The first-order valence-corrected chi connectivity index (χ1v) is 7.08. The Balaban J connectivity index is 2.00. The van der Waals surface area contributed by atoms with E-state index >= 15 is 0 Å². The molecule has 1 aromatic carbocycles. The number of tetrazole rings is 1.